The van der Waals surface area contributed by atoms with E-state index < -0.39 is 19.8 Å². The van der Waals surface area contributed by atoms with Gasteiger partial charge in [-0.1, -0.05) is 43.9 Å². The summed E-state index contributed by atoms with van der Waals surface area (Å²) < 4.78 is 19.6. The van der Waals surface area contributed by atoms with Crippen molar-refractivity contribution in [3.05, 3.63) is 60.2 Å². The maximum atomic E-state index is 12.8. The first-order valence-corrected chi connectivity index (χ1v) is 22.2. The van der Waals surface area contributed by atoms with Crippen LogP contribution in [0.4, 0.5) is 16.6 Å². The Morgan fingerprint density at radius 3 is 2.29 bits per heavy atom. The molecule has 278 valence electrons. The molecule has 3 aromatic heterocycles. The van der Waals surface area contributed by atoms with E-state index in [-0.39, 0.29) is 18.2 Å². The molecule has 0 saturated carbocycles. The van der Waals surface area contributed by atoms with Gasteiger partial charge in [-0.25, -0.2) is 24.7 Å². The van der Waals surface area contributed by atoms with Gasteiger partial charge in [0.2, 0.25) is 5.95 Å². The second kappa shape index (κ2) is 14.7. The second-order valence-corrected chi connectivity index (χ2v) is 22.0. The highest BCUT2D eigenvalue weighted by Gasteiger charge is 2.43. The number of morpholine rings is 1. The third kappa shape index (κ3) is 7.94. The topological polar surface area (TPSA) is 131 Å². The van der Waals surface area contributed by atoms with Crippen LogP contribution >= 0.6 is 0 Å². The number of rotatable bonds is 10. The SMILES string of the molecule is CC(C)(C)OC(=O)N1CC2CCC(C1)N2c1ncc(C(O)c2ccc(-c3cc4c(N5CCOCC5)ncnc4n3COCC[Si](C)(C)C)cc2)cn1. The lowest BCUT2D eigenvalue weighted by atomic mass is 10.0. The molecule has 7 rings (SSSR count). The van der Waals surface area contributed by atoms with Crippen molar-refractivity contribution >= 4 is 37.0 Å². The van der Waals surface area contributed by atoms with Gasteiger partial charge in [0.05, 0.1) is 36.4 Å². The van der Waals surface area contributed by atoms with Crippen molar-refractivity contribution in [1.29, 1.82) is 0 Å². The molecule has 3 unspecified atom stereocenters. The summed E-state index contributed by atoms with van der Waals surface area (Å²) in [5, 5.41) is 12.4. The molecule has 3 saturated heterocycles. The zero-order chi connectivity index (χ0) is 36.6. The zero-order valence-corrected chi connectivity index (χ0v) is 32.3. The Bertz CT molecular complexity index is 1840. The van der Waals surface area contributed by atoms with Crippen molar-refractivity contribution in [3.8, 4) is 11.3 Å². The molecule has 3 aliphatic rings. The number of aromatic nitrogens is 5. The number of hydrogen-bond donors (Lipinski definition) is 1. The van der Waals surface area contributed by atoms with E-state index in [1.807, 2.05) is 49.9 Å². The monoisotopic (exact) mass is 728 g/mol. The summed E-state index contributed by atoms with van der Waals surface area (Å²) in [6, 6.07) is 11.5. The number of aliphatic hydroxyl groups excluding tert-OH is 1. The molecular formula is C38H52N8O5Si. The predicted octanol–water partition coefficient (Wildman–Crippen LogP) is 5.71. The van der Waals surface area contributed by atoms with Gasteiger partial charge >= 0.3 is 6.09 Å². The number of hydrogen-bond acceptors (Lipinski definition) is 11. The van der Waals surface area contributed by atoms with Gasteiger partial charge in [0.15, 0.2) is 0 Å². The Kier molecular flexibility index (Phi) is 10.3. The summed E-state index contributed by atoms with van der Waals surface area (Å²) in [7, 11) is -1.25. The lowest BCUT2D eigenvalue weighted by molar-refractivity contribution is 0.0208. The van der Waals surface area contributed by atoms with Crippen molar-refractivity contribution in [2.24, 2.45) is 0 Å². The number of anilines is 2. The van der Waals surface area contributed by atoms with Crippen LogP contribution in [0.2, 0.25) is 25.7 Å². The Hall–Kier alpha value is -4.11. The fourth-order valence-electron chi connectivity index (χ4n) is 7.32. The van der Waals surface area contributed by atoms with Crippen LogP contribution in [0, 0.1) is 0 Å². The average Bonchev–Trinajstić information content (AvgIpc) is 3.62. The highest BCUT2D eigenvalue weighted by atomic mass is 28.3. The van der Waals surface area contributed by atoms with Crippen LogP contribution < -0.4 is 9.80 Å². The van der Waals surface area contributed by atoms with Gasteiger partial charge in [0.1, 0.15) is 36.2 Å². The highest BCUT2D eigenvalue weighted by Crippen LogP contribution is 2.36. The molecule has 13 nitrogen and oxygen atoms in total. The van der Waals surface area contributed by atoms with E-state index in [9.17, 15) is 9.90 Å². The van der Waals surface area contributed by atoms with E-state index in [0.717, 1.165) is 65.6 Å². The fraction of sp³-hybridized carbons (Fsp3) is 0.553. The van der Waals surface area contributed by atoms with E-state index in [0.29, 0.717) is 51.2 Å². The molecule has 52 heavy (non-hydrogen) atoms. The predicted molar refractivity (Wildman–Crippen MR) is 203 cm³/mol. The molecule has 0 radical (unpaired) electrons. The molecule has 1 N–H and O–H groups in total. The molecule has 0 aliphatic carbocycles. The molecule has 14 heteroatoms. The molecule has 3 fully saturated rings. The highest BCUT2D eigenvalue weighted by molar-refractivity contribution is 6.76. The molecule has 4 aromatic rings. The second-order valence-electron chi connectivity index (χ2n) is 16.4. The Balaban J connectivity index is 1.08. The summed E-state index contributed by atoms with van der Waals surface area (Å²) in [4.78, 5) is 37.9. The quantitative estimate of drug-likeness (QED) is 0.159. The van der Waals surface area contributed by atoms with Gasteiger partial charge in [0.25, 0.3) is 0 Å². The van der Waals surface area contributed by atoms with Crippen LogP contribution in [0.5, 0.6) is 0 Å². The fourth-order valence-corrected chi connectivity index (χ4v) is 8.08. The molecule has 1 amide bonds. The van der Waals surface area contributed by atoms with Gasteiger partial charge in [-0.2, -0.15) is 0 Å². The van der Waals surface area contributed by atoms with E-state index in [1.165, 1.54) is 0 Å². The van der Waals surface area contributed by atoms with Crippen molar-refractivity contribution in [1.82, 2.24) is 29.4 Å². The lowest BCUT2D eigenvalue weighted by Gasteiger charge is -2.41. The number of nitrogens with zero attached hydrogens (tertiary/aromatic N) is 8. The smallest absolute Gasteiger partial charge is 0.410 e. The van der Waals surface area contributed by atoms with Gasteiger partial charge in [-0.05, 0) is 56.9 Å². The number of likely N-dealkylation sites (tertiary alicyclic amines) is 1. The largest absolute Gasteiger partial charge is 0.444 e. The molecule has 2 bridgehead atoms. The van der Waals surface area contributed by atoms with E-state index in [1.54, 1.807) is 18.7 Å². The summed E-state index contributed by atoms with van der Waals surface area (Å²) in [5.41, 5.74) is 3.63. The van der Waals surface area contributed by atoms with E-state index in [2.05, 4.69) is 45.1 Å². The number of aliphatic hydroxyl groups is 1. The number of amides is 1. The molecular weight excluding hydrogens is 677 g/mol. The number of carbonyl (C=O) groups excluding carboxylic acids is 1. The minimum absolute atomic E-state index is 0.131. The van der Waals surface area contributed by atoms with Crippen LogP contribution in [0.3, 0.4) is 0 Å². The van der Waals surface area contributed by atoms with Crippen LogP contribution in [-0.2, 0) is 20.9 Å². The third-order valence-electron chi connectivity index (χ3n) is 10.1. The summed E-state index contributed by atoms with van der Waals surface area (Å²) >= 11 is 0. The molecule has 3 aliphatic heterocycles. The third-order valence-corrected chi connectivity index (χ3v) is 11.8. The number of benzene rings is 1. The van der Waals surface area contributed by atoms with Crippen LogP contribution in [0.25, 0.3) is 22.3 Å². The molecule has 6 heterocycles. The zero-order valence-electron chi connectivity index (χ0n) is 31.3. The van der Waals surface area contributed by atoms with Crippen LogP contribution in [-0.4, -0.2) is 112 Å². The first-order chi connectivity index (χ1) is 24.8. The normalized spacial score (nSPS) is 20.1. The standard InChI is InChI=1S/C38H52N8O5Si/c1-38(2,3)51-37(48)44-22-29-11-12-30(23-44)46(29)36-39-20-28(21-40-36)33(47)27-9-7-26(8-10-27)32-19-31-34(43-13-15-49-16-14-43)41-24-42-35(31)45(32)25-50-17-18-52(4,5)6/h7-10,19-21,24,29-30,33,47H,11-18,22-23,25H2,1-6H3. The van der Waals surface area contributed by atoms with Crippen LogP contribution in [0.15, 0.2) is 49.1 Å². The average molecular weight is 729 g/mol. The van der Waals surface area contributed by atoms with Gasteiger partial charge in [0, 0.05) is 58.8 Å². The number of fused-ring (bicyclic) bond motifs is 3. The summed E-state index contributed by atoms with van der Waals surface area (Å²) in [5.74, 6) is 1.53. The molecule has 1 aromatic carbocycles. The van der Waals surface area contributed by atoms with E-state index in [4.69, 9.17) is 29.2 Å². The van der Waals surface area contributed by atoms with Crippen molar-refractivity contribution in [2.45, 2.75) is 89.8 Å². The number of piperazine rings is 1. The minimum Gasteiger partial charge on any atom is -0.444 e. The first kappa shape index (κ1) is 36.3. The van der Waals surface area contributed by atoms with Crippen LogP contribution in [0.1, 0.15) is 50.8 Å². The molecule has 3 atom stereocenters. The van der Waals surface area contributed by atoms with Crippen molar-refractivity contribution in [3.63, 3.8) is 0 Å². The Morgan fingerprint density at radius 1 is 0.981 bits per heavy atom. The van der Waals surface area contributed by atoms with Crippen molar-refractivity contribution in [2.75, 3.05) is 55.8 Å². The summed E-state index contributed by atoms with van der Waals surface area (Å²) in [6.07, 6.45) is 5.83. The minimum atomic E-state index is -1.25. The maximum absolute atomic E-state index is 12.8. The first-order valence-electron chi connectivity index (χ1n) is 18.5. The maximum Gasteiger partial charge on any atom is 0.410 e. The molecule has 0 spiro atoms. The number of carbonyl (C=O) groups is 1. The summed E-state index contributed by atoms with van der Waals surface area (Å²) in [6.45, 7) is 17.9. The van der Waals surface area contributed by atoms with Gasteiger partial charge in [-0.3, -0.25) is 0 Å². The van der Waals surface area contributed by atoms with Gasteiger partial charge < -0.3 is 38.6 Å². The van der Waals surface area contributed by atoms with Crippen molar-refractivity contribution < 1.29 is 24.1 Å². The lowest BCUT2D eigenvalue weighted by Crippen LogP contribution is -2.56. The Labute approximate surface area is 306 Å². The van der Waals surface area contributed by atoms with Gasteiger partial charge in [-0.15, -0.1) is 0 Å². The van der Waals surface area contributed by atoms with E-state index >= 15 is 0 Å². The Morgan fingerprint density at radius 2 is 1.65 bits per heavy atom. The number of ether oxygens (including phenoxy) is 3.